The van der Waals surface area contributed by atoms with Crippen LogP contribution in [0.5, 0.6) is 5.75 Å². The van der Waals surface area contributed by atoms with Gasteiger partial charge < -0.3 is 9.84 Å². The standard InChI is InChI=1S/C20H24N2O3/c23-20(24)15-25-19-9-2-1-7-17(19)14-22-11-5-6-16(13-22)12-18-8-3-4-10-21-18/h1-4,7-10,16H,5-6,11-15H2,(H,23,24)/t16-/m1/s1. The van der Waals surface area contributed by atoms with Crippen molar-refractivity contribution < 1.29 is 14.6 Å². The zero-order valence-electron chi connectivity index (χ0n) is 14.3. The van der Waals surface area contributed by atoms with E-state index in [1.54, 1.807) is 0 Å². The monoisotopic (exact) mass is 340 g/mol. The Balaban J connectivity index is 1.60. The Morgan fingerprint density at radius 2 is 2.08 bits per heavy atom. The van der Waals surface area contributed by atoms with Gasteiger partial charge in [-0.15, -0.1) is 0 Å². The number of hydrogen-bond donors (Lipinski definition) is 1. The molecule has 0 bridgehead atoms. The van der Waals surface area contributed by atoms with Gasteiger partial charge in [0.05, 0.1) is 0 Å². The molecule has 1 N–H and O–H groups in total. The van der Waals surface area contributed by atoms with Crippen molar-refractivity contribution in [2.45, 2.75) is 25.8 Å². The Morgan fingerprint density at radius 1 is 1.24 bits per heavy atom. The topological polar surface area (TPSA) is 62.7 Å². The first-order chi connectivity index (χ1) is 12.2. The van der Waals surface area contributed by atoms with Gasteiger partial charge in [-0.1, -0.05) is 24.3 Å². The van der Waals surface area contributed by atoms with Crippen molar-refractivity contribution in [2.24, 2.45) is 5.92 Å². The Bertz CT molecular complexity index is 690. The Hall–Kier alpha value is -2.40. The predicted octanol–water partition coefficient (Wildman–Crippen LogP) is 3.00. The summed E-state index contributed by atoms with van der Waals surface area (Å²) >= 11 is 0. The molecule has 2 heterocycles. The highest BCUT2D eigenvalue weighted by molar-refractivity contribution is 5.68. The molecule has 2 aromatic rings. The Labute approximate surface area is 148 Å². The summed E-state index contributed by atoms with van der Waals surface area (Å²) < 4.78 is 5.43. The molecule has 0 spiro atoms. The molecule has 1 aromatic heterocycles. The fourth-order valence-corrected chi connectivity index (χ4v) is 3.43. The maximum absolute atomic E-state index is 10.7. The van der Waals surface area contributed by atoms with E-state index >= 15 is 0 Å². The van der Waals surface area contributed by atoms with E-state index in [1.807, 2.05) is 42.6 Å². The number of aromatic nitrogens is 1. The highest BCUT2D eigenvalue weighted by atomic mass is 16.5. The number of nitrogens with zero attached hydrogens (tertiary/aromatic N) is 2. The minimum Gasteiger partial charge on any atom is -0.482 e. The second kappa shape index (κ2) is 8.62. The van der Waals surface area contributed by atoms with Crippen LogP contribution in [0.2, 0.25) is 0 Å². The van der Waals surface area contributed by atoms with Gasteiger partial charge in [0, 0.05) is 30.5 Å². The zero-order valence-corrected chi connectivity index (χ0v) is 14.3. The second-order valence-electron chi connectivity index (χ2n) is 6.56. The summed E-state index contributed by atoms with van der Waals surface area (Å²) in [7, 11) is 0. The van der Waals surface area contributed by atoms with Crippen molar-refractivity contribution in [3.8, 4) is 5.75 Å². The molecule has 1 atom stereocenters. The molecule has 0 radical (unpaired) electrons. The Kier molecular flexibility index (Phi) is 6.01. The third-order valence-electron chi connectivity index (χ3n) is 4.54. The van der Waals surface area contributed by atoms with Crippen molar-refractivity contribution in [3.05, 3.63) is 59.9 Å². The molecule has 25 heavy (non-hydrogen) atoms. The number of carboxylic acid groups (broad SMARTS) is 1. The number of carboxylic acids is 1. The van der Waals surface area contributed by atoms with Crippen molar-refractivity contribution in [3.63, 3.8) is 0 Å². The fourth-order valence-electron chi connectivity index (χ4n) is 3.43. The minimum atomic E-state index is -0.955. The summed E-state index contributed by atoms with van der Waals surface area (Å²) in [6.45, 7) is 2.57. The largest absolute Gasteiger partial charge is 0.482 e. The fraction of sp³-hybridized carbons (Fsp3) is 0.400. The molecule has 1 fully saturated rings. The van der Waals surface area contributed by atoms with Crippen LogP contribution in [0.3, 0.4) is 0 Å². The van der Waals surface area contributed by atoms with Crippen LogP contribution in [-0.4, -0.2) is 40.7 Å². The van der Waals surface area contributed by atoms with Crippen molar-refractivity contribution >= 4 is 5.97 Å². The van der Waals surface area contributed by atoms with Crippen LogP contribution in [0.25, 0.3) is 0 Å². The normalized spacial score (nSPS) is 18.0. The van der Waals surface area contributed by atoms with Crippen LogP contribution in [0.1, 0.15) is 24.1 Å². The van der Waals surface area contributed by atoms with Crippen LogP contribution in [0.4, 0.5) is 0 Å². The summed E-state index contributed by atoms with van der Waals surface area (Å²) in [5.41, 5.74) is 2.20. The van der Waals surface area contributed by atoms with Gasteiger partial charge in [0.15, 0.2) is 6.61 Å². The van der Waals surface area contributed by atoms with E-state index in [2.05, 4.69) is 16.0 Å². The summed E-state index contributed by atoms with van der Waals surface area (Å²) in [5.74, 6) is 0.315. The molecule has 0 aliphatic carbocycles. The maximum Gasteiger partial charge on any atom is 0.341 e. The molecule has 1 saturated heterocycles. The molecular weight excluding hydrogens is 316 g/mol. The van der Waals surface area contributed by atoms with Crippen molar-refractivity contribution in [2.75, 3.05) is 19.7 Å². The number of carbonyl (C=O) groups is 1. The average molecular weight is 340 g/mol. The van der Waals surface area contributed by atoms with Gasteiger partial charge in [0.1, 0.15) is 5.75 Å². The van der Waals surface area contributed by atoms with Gasteiger partial charge >= 0.3 is 5.97 Å². The highest BCUT2D eigenvalue weighted by Gasteiger charge is 2.21. The number of aliphatic carboxylic acids is 1. The molecule has 132 valence electrons. The molecule has 1 aliphatic heterocycles. The lowest BCUT2D eigenvalue weighted by Crippen LogP contribution is -2.36. The number of piperidine rings is 1. The van der Waals surface area contributed by atoms with Crippen LogP contribution in [0, 0.1) is 5.92 Å². The smallest absolute Gasteiger partial charge is 0.341 e. The van der Waals surface area contributed by atoms with Gasteiger partial charge in [-0.2, -0.15) is 0 Å². The lowest BCUT2D eigenvalue weighted by molar-refractivity contribution is -0.139. The summed E-state index contributed by atoms with van der Waals surface area (Å²) in [4.78, 5) is 17.6. The van der Waals surface area contributed by atoms with Gasteiger partial charge in [-0.25, -0.2) is 4.79 Å². The zero-order chi connectivity index (χ0) is 17.5. The third-order valence-corrected chi connectivity index (χ3v) is 4.54. The quantitative estimate of drug-likeness (QED) is 0.839. The number of para-hydroxylation sites is 1. The molecule has 1 aliphatic rings. The molecule has 0 saturated carbocycles. The van der Waals surface area contributed by atoms with Gasteiger partial charge in [0.25, 0.3) is 0 Å². The summed E-state index contributed by atoms with van der Waals surface area (Å²) in [6.07, 6.45) is 5.26. The summed E-state index contributed by atoms with van der Waals surface area (Å²) in [5, 5.41) is 8.82. The van der Waals surface area contributed by atoms with Crippen molar-refractivity contribution in [1.29, 1.82) is 0 Å². The minimum absolute atomic E-state index is 0.306. The molecular formula is C20H24N2O3. The van der Waals surface area contributed by atoms with Gasteiger partial charge in [-0.05, 0) is 49.9 Å². The van der Waals surface area contributed by atoms with Gasteiger partial charge in [0.2, 0.25) is 0 Å². The molecule has 3 rings (SSSR count). The maximum atomic E-state index is 10.7. The van der Waals surface area contributed by atoms with Crippen LogP contribution >= 0.6 is 0 Å². The number of likely N-dealkylation sites (tertiary alicyclic amines) is 1. The van der Waals surface area contributed by atoms with E-state index in [4.69, 9.17) is 9.84 Å². The molecule has 1 aromatic carbocycles. The van der Waals surface area contributed by atoms with Gasteiger partial charge in [-0.3, -0.25) is 9.88 Å². The highest BCUT2D eigenvalue weighted by Crippen LogP contribution is 2.25. The first-order valence-electron chi connectivity index (χ1n) is 8.75. The predicted molar refractivity (Wildman–Crippen MR) is 95.5 cm³/mol. The molecule has 5 heteroatoms. The number of rotatable bonds is 7. The molecule has 0 unspecified atom stereocenters. The van der Waals surface area contributed by atoms with E-state index in [9.17, 15) is 4.79 Å². The van der Waals surface area contributed by atoms with E-state index in [1.165, 1.54) is 12.8 Å². The number of hydrogen-bond acceptors (Lipinski definition) is 4. The number of pyridine rings is 1. The summed E-state index contributed by atoms with van der Waals surface area (Å²) in [6, 6.07) is 13.8. The van der Waals surface area contributed by atoms with Crippen LogP contribution in [-0.2, 0) is 17.8 Å². The molecule has 5 nitrogen and oxygen atoms in total. The Morgan fingerprint density at radius 3 is 2.88 bits per heavy atom. The first-order valence-corrected chi connectivity index (χ1v) is 8.75. The lowest BCUT2D eigenvalue weighted by atomic mass is 9.93. The first kappa shape index (κ1) is 17.4. The van der Waals surface area contributed by atoms with E-state index < -0.39 is 5.97 Å². The van der Waals surface area contributed by atoms with E-state index in [-0.39, 0.29) is 6.61 Å². The van der Waals surface area contributed by atoms with Crippen LogP contribution < -0.4 is 4.74 Å². The van der Waals surface area contributed by atoms with Crippen LogP contribution in [0.15, 0.2) is 48.7 Å². The third kappa shape index (κ3) is 5.29. The molecule has 0 amide bonds. The lowest BCUT2D eigenvalue weighted by Gasteiger charge is -2.33. The van der Waals surface area contributed by atoms with E-state index in [0.717, 1.165) is 37.3 Å². The van der Waals surface area contributed by atoms with E-state index in [0.29, 0.717) is 11.7 Å². The SMILES string of the molecule is O=C(O)COc1ccccc1CN1CCC[C@H](Cc2ccccn2)C1. The number of benzene rings is 1. The van der Waals surface area contributed by atoms with Crippen molar-refractivity contribution in [1.82, 2.24) is 9.88 Å². The number of ether oxygens (including phenoxy) is 1. The average Bonchev–Trinajstić information content (AvgIpc) is 2.62. The second-order valence-corrected chi connectivity index (χ2v) is 6.56.